The van der Waals surface area contributed by atoms with Crippen molar-refractivity contribution in [3.63, 3.8) is 0 Å². The summed E-state index contributed by atoms with van der Waals surface area (Å²) in [7, 11) is 1.93. The molecule has 1 N–H and O–H groups in total. The molecule has 1 aromatic heterocycles. The monoisotopic (exact) mass is 354 g/mol. The van der Waals surface area contributed by atoms with Gasteiger partial charge in [0.2, 0.25) is 5.91 Å². The number of aromatic nitrogens is 2. The molecule has 138 valence electrons. The quantitative estimate of drug-likeness (QED) is 0.836. The molecule has 0 aliphatic carbocycles. The second-order valence-electron chi connectivity index (χ2n) is 6.93. The van der Waals surface area contributed by atoms with Gasteiger partial charge in [0.15, 0.2) is 5.78 Å². The number of carbonyl (C=O) groups is 2. The third-order valence-corrected chi connectivity index (χ3v) is 5.12. The Kier molecular flexibility index (Phi) is 5.52. The van der Waals surface area contributed by atoms with Gasteiger partial charge in [-0.2, -0.15) is 0 Å². The van der Waals surface area contributed by atoms with Gasteiger partial charge < -0.3 is 14.8 Å². The van der Waals surface area contributed by atoms with Crippen LogP contribution in [0.25, 0.3) is 0 Å². The second kappa shape index (κ2) is 7.83. The smallest absolute Gasteiger partial charge is 0.223 e. The molecule has 6 nitrogen and oxygen atoms in total. The molecule has 2 aromatic rings. The standard InChI is InChI=1S/C20H26N4O2/c1-14-4-5-16(12-15(14)2)18(25)6-7-19(26)24-11-8-21-13-17(24)20-22-9-10-23(20)3/h4-5,9-10,12,17,21H,6-8,11,13H2,1-3H3. The van der Waals surface area contributed by atoms with Crippen LogP contribution in [-0.4, -0.2) is 45.8 Å². The Morgan fingerprint density at radius 2 is 2.04 bits per heavy atom. The molecule has 1 saturated heterocycles. The second-order valence-corrected chi connectivity index (χ2v) is 6.93. The molecular formula is C20H26N4O2. The number of piperazine rings is 1. The number of ketones is 1. The highest BCUT2D eigenvalue weighted by Gasteiger charge is 2.30. The molecule has 1 aliphatic heterocycles. The number of aryl methyl sites for hydroxylation is 3. The van der Waals surface area contributed by atoms with E-state index < -0.39 is 0 Å². The first-order chi connectivity index (χ1) is 12.5. The number of nitrogens with zero attached hydrogens (tertiary/aromatic N) is 3. The maximum Gasteiger partial charge on any atom is 0.223 e. The van der Waals surface area contributed by atoms with E-state index in [1.54, 1.807) is 6.20 Å². The van der Waals surface area contributed by atoms with Crippen LogP contribution in [0.2, 0.25) is 0 Å². The molecule has 0 bridgehead atoms. The Morgan fingerprint density at radius 3 is 2.73 bits per heavy atom. The predicted octanol–water partition coefficient (Wildman–Crippen LogP) is 2.17. The van der Waals surface area contributed by atoms with Crippen LogP contribution in [0.5, 0.6) is 0 Å². The van der Waals surface area contributed by atoms with Gasteiger partial charge in [0.1, 0.15) is 11.9 Å². The van der Waals surface area contributed by atoms with Gasteiger partial charge in [0.25, 0.3) is 0 Å². The van der Waals surface area contributed by atoms with Crippen LogP contribution in [0, 0.1) is 13.8 Å². The lowest BCUT2D eigenvalue weighted by Crippen LogP contribution is -2.49. The third-order valence-electron chi connectivity index (χ3n) is 5.12. The largest absolute Gasteiger partial charge is 0.336 e. The molecule has 1 aliphatic rings. The maximum absolute atomic E-state index is 12.8. The zero-order valence-electron chi connectivity index (χ0n) is 15.7. The molecule has 26 heavy (non-hydrogen) atoms. The SMILES string of the molecule is Cc1ccc(C(=O)CCC(=O)N2CCNCC2c2nccn2C)cc1C. The van der Waals surface area contributed by atoms with Crippen molar-refractivity contribution in [3.05, 3.63) is 53.1 Å². The zero-order valence-corrected chi connectivity index (χ0v) is 15.7. The number of amides is 1. The van der Waals surface area contributed by atoms with Crippen LogP contribution >= 0.6 is 0 Å². The minimum atomic E-state index is -0.0898. The minimum Gasteiger partial charge on any atom is -0.336 e. The van der Waals surface area contributed by atoms with Crippen molar-refractivity contribution < 1.29 is 9.59 Å². The fourth-order valence-electron chi connectivity index (χ4n) is 3.36. The summed E-state index contributed by atoms with van der Waals surface area (Å²) in [6, 6.07) is 5.62. The normalized spacial score (nSPS) is 17.3. The summed E-state index contributed by atoms with van der Waals surface area (Å²) in [6.07, 6.45) is 4.09. The fraction of sp³-hybridized carbons (Fsp3) is 0.450. The van der Waals surface area contributed by atoms with Crippen molar-refractivity contribution in [1.29, 1.82) is 0 Å². The molecular weight excluding hydrogens is 328 g/mol. The van der Waals surface area contributed by atoms with Gasteiger partial charge in [-0.15, -0.1) is 0 Å². The number of hydrogen-bond donors (Lipinski definition) is 1. The van der Waals surface area contributed by atoms with E-state index in [2.05, 4.69) is 10.3 Å². The van der Waals surface area contributed by atoms with Gasteiger partial charge in [0, 0.05) is 57.5 Å². The number of imidazole rings is 1. The van der Waals surface area contributed by atoms with E-state index in [0.717, 1.165) is 23.5 Å². The summed E-state index contributed by atoms with van der Waals surface area (Å²) in [5, 5.41) is 3.32. The van der Waals surface area contributed by atoms with Gasteiger partial charge in [-0.25, -0.2) is 4.98 Å². The van der Waals surface area contributed by atoms with Crippen molar-refractivity contribution in [2.24, 2.45) is 7.05 Å². The number of nitrogens with one attached hydrogen (secondary N) is 1. The van der Waals surface area contributed by atoms with E-state index in [9.17, 15) is 9.59 Å². The van der Waals surface area contributed by atoms with Gasteiger partial charge in [-0.3, -0.25) is 9.59 Å². The average Bonchev–Trinajstić information content (AvgIpc) is 3.07. The van der Waals surface area contributed by atoms with Crippen LogP contribution in [0.3, 0.4) is 0 Å². The van der Waals surface area contributed by atoms with Crippen molar-refractivity contribution >= 4 is 11.7 Å². The molecule has 6 heteroatoms. The number of benzene rings is 1. The molecule has 1 atom stereocenters. The molecule has 1 amide bonds. The minimum absolute atomic E-state index is 0.0108. The molecule has 0 spiro atoms. The summed E-state index contributed by atoms with van der Waals surface area (Å²) in [5.41, 5.74) is 2.94. The number of carbonyl (C=O) groups excluding carboxylic acids is 2. The van der Waals surface area contributed by atoms with Crippen LogP contribution < -0.4 is 5.32 Å². The highest BCUT2D eigenvalue weighted by molar-refractivity contribution is 5.98. The number of hydrogen-bond acceptors (Lipinski definition) is 4. The Bertz CT molecular complexity index is 812. The molecule has 1 unspecified atom stereocenters. The highest BCUT2D eigenvalue weighted by Crippen LogP contribution is 2.22. The Hall–Kier alpha value is -2.47. The average molecular weight is 354 g/mol. The summed E-state index contributed by atoms with van der Waals surface area (Å²) < 4.78 is 1.94. The molecule has 2 heterocycles. The third kappa shape index (κ3) is 3.85. The lowest BCUT2D eigenvalue weighted by atomic mass is 10.0. The zero-order chi connectivity index (χ0) is 18.7. The van der Waals surface area contributed by atoms with E-state index in [0.29, 0.717) is 18.7 Å². The predicted molar refractivity (Wildman–Crippen MR) is 100 cm³/mol. The van der Waals surface area contributed by atoms with E-state index in [1.165, 1.54) is 0 Å². The van der Waals surface area contributed by atoms with Crippen molar-refractivity contribution in [2.45, 2.75) is 32.7 Å². The highest BCUT2D eigenvalue weighted by atomic mass is 16.2. The van der Waals surface area contributed by atoms with Crippen molar-refractivity contribution in [3.8, 4) is 0 Å². The lowest BCUT2D eigenvalue weighted by Gasteiger charge is -2.35. The molecule has 0 saturated carbocycles. The van der Waals surface area contributed by atoms with E-state index in [-0.39, 0.29) is 30.6 Å². The van der Waals surface area contributed by atoms with Crippen molar-refractivity contribution in [2.75, 3.05) is 19.6 Å². The summed E-state index contributed by atoms with van der Waals surface area (Å²) >= 11 is 0. The molecule has 1 fully saturated rings. The lowest BCUT2D eigenvalue weighted by molar-refractivity contribution is -0.134. The van der Waals surface area contributed by atoms with Gasteiger partial charge in [-0.1, -0.05) is 12.1 Å². The van der Waals surface area contributed by atoms with Gasteiger partial charge in [-0.05, 0) is 31.0 Å². The maximum atomic E-state index is 12.8. The number of Topliss-reactive ketones (excluding diaryl/α,β-unsaturated/α-hetero) is 1. The fourth-order valence-corrected chi connectivity index (χ4v) is 3.36. The summed E-state index contributed by atoms with van der Waals surface area (Å²) in [5.74, 6) is 0.896. The van der Waals surface area contributed by atoms with Crippen LogP contribution in [0.15, 0.2) is 30.6 Å². The van der Waals surface area contributed by atoms with Crippen molar-refractivity contribution in [1.82, 2.24) is 19.8 Å². The van der Waals surface area contributed by atoms with Gasteiger partial charge in [0.05, 0.1) is 0 Å². The first kappa shape index (κ1) is 18.3. The summed E-state index contributed by atoms with van der Waals surface area (Å²) in [6.45, 7) is 6.10. The molecule has 0 radical (unpaired) electrons. The first-order valence-electron chi connectivity index (χ1n) is 9.05. The van der Waals surface area contributed by atoms with E-state index in [4.69, 9.17) is 0 Å². The topological polar surface area (TPSA) is 67.2 Å². The molecule has 1 aromatic carbocycles. The van der Waals surface area contributed by atoms with Crippen LogP contribution in [0.1, 0.15) is 46.2 Å². The van der Waals surface area contributed by atoms with E-state index in [1.807, 2.05) is 54.8 Å². The Labute approximate surface area is 154 Å². The van der Waals surface area contributed by atoms with E-state index >= 15 is 0 Å². The summed E-state index contributed by atoms with van der Waals surface area (Å²) in [4.78, 5) is 31.5. The number of rotatable bonds is 5. The van der Waals surface area contributed by atoms with Crippen LogP contribution in [0.4, 0.5) is 0 Å². The first-order valence-corrected chi connectivity index (χ1v) is 9.05. The van der Waals surface area contributed by atoms with Crippen LogP contribution in [-0.2, 0) is 11.8 Å². The molecule has 3 rings (SSSR count). The Balaban J connectivity index is 1.65. The Morgan fingerprint density at radius 1 is 1.23 bits per heavy atom. The van der Waals surface area contributed by atoms with Gasteiger partial charge >= 0.3 is 0 Å².